The number of nitrogens with one attached hydrogen (secondary N) is 1. The highest BCUT2D eigenvalue weighted by atomic mass is 32.1. The summed E-state index contributed by atoms with van der Waals surface area (Å²) in [6.07, 6.45) is 0.324. The molecule has 3 aromatic rings. The van der Waals surface area contributed by atoms with Crippen molar-refractivity contribution in [3.8, 4) is 11.1 Å². The molecule has 0 saturated heterocycles. The largest absolute Gasteiger partial charge is 0.477 e. The standard InChI is InChI=1S/C22H19NO3S/c1-12-8-9-13(2)15(10-12)16-11-17(24)23-19-18(14-6-4-3-5-7-14)21(22(25)26)27-20(16)19/h3-10,16H,11H2,1-2H3,(H,23,24)(H,25,26)/t16-/m1/s1. The molecular formula is C22H19NO3S. The number of hydrogen-bond acceptors (Lipinski definition) is 3. The summed E-state index contributed by atoms with van der Waals surface area (Å²) in [5.74, 6) is -1.18. The molecule has 4 nitrogen and oxygen atoms in total. The predicted octanol–water partition coefficient (Wildman–Crippen LogP) is 5.20. The molecule has 1 aromatic heterocycles. The zero-order valence-electron chi connectivity index (χ0n) is 15.1. The number of carbonyl (C=O) groups excluding carboxylic acids is 1. The van der Waals surface area contributed by atoms with E-state index in [1.54, 1.807) is 0 Å². The maximum Gasteiger partial charge on any atom is 0.346 e. The number of rotatable bonds is 3. The molecule has 5 heteroatoms. The van der Waals surface area contributed by atoms with Crippen LogP contribution in [0.25, 0.3) is 11.1 Å². The van der Waals surface area contributed by atoms with Crippen molar-refractivity contribution in [1.29, 1.82) is 0 Å². The van der Waals surface area contributed by atoms with Crippen LogP contribution in [-0.2, 0) is 4.79 Å². The average molecular weight is 377 g/mol. The molecule has 2 heterocycles. The normalized spacial score (nSPS) is 15.9. The minimum absolute atomic E-state index is 0.0830. The molecule has 0 saturated carbocycles. The minimum Gasteiger partial charge on any atom is -0.477 e. The molecule has 1 amide bonds. The smallest absolute Gasteiger partial charge is 0.346 e. The summed E-state index contributed by atoms with van der Waals surface area (Å²) in [5, 5.41) is 12.7. The van der Waals surface area contributed by atoms with Gasteiger partial charge in [-0.15, -0.1) is 11.3 Å². The number of anilines is 1. The monoisotopic (exact) mass is 377 g/mol. The number of hydrogen-bond donors (Lipinski definition) is 2. The van der Waals surface area contributed by atoms with Gasteiger partial charge in [-0.25, -0.2) is 4.79 Å². The van der Waals surface area contributed by atoms with Crippen LogP contribution in [0.2, 0.25) is 0 Å². The van der Waals surface area contributed by atoms with Crippen LogP contribution in [0.5, 0.6) is 0 Å². The van der Waals surface area contributed by atoms with Gasteiger partial charge in [-0.05, 0) is 30.5 Å². The summed E-state index contributed by atoms with van der Waals surface area (Å²) in [5.41, 5.74) is 5.37. The SMILES string of the molecule is Cc1ccc(C)c([C@H]2CC(=O)Nc3c2sc(C(=O)O)c3-c2ccccc2)c1. The molecule has 0 spiro atoms. The summed E-state index contributed by atoms with van der Waals surface area (Å²) >= 11 is 1.27. The first kappa shape index (κ1) is 17.5. The molecule has 2 aromatic carbocycles. The van der Waals surface area contributed by atoms with Crippen molar-refractivity contribution >= 4 is 28.9 Å². The molecule has 1 aliphatic rings. The van der Waals surface area contributed by atoms with Crippen molar-refractivity contribution in [3.63, 3.8) is 0 Å². The third-order valence-corrected chi connectivity index (χ3v) is 6.26. The molecule has 0 fully saturated rings. The Morgan fingerprint density at radius 3 is 2.59 bits per heavy atom. The number of carbonyl (C=O) groups is 2. The van der Waals surface area contributed by atoms with E-state index in [0.29, 0.717) is 17.7 Å². The lowest BCUT2D eigenvalue weighted by molar-refractivity contribution is -0.116. The van der Waals surface area contributed by atoms with Gasteiger partial charge in [-0.1, -0.05) is 54.1 Å². The van der Waals surface area contributed by atoms with Crippen molar-refractivity contribution in [2.75, 3.05) is 5.32 Å². The third-order valence-electron chi connectivity index (χ3n) is 4.97. The second-order valence-electron chi connectivity index (χ2n) is 6.88. The lowest BCUT2D eigenvalue weighted by atomic mass is 9.86. The van der Waals surface area contributed by atoms with Gasteiger partial charge in [-0.2, -0.15) is 0 Å². The first-order chi connectivity index (χ1) is 13.0. The number of amides is 1. The van der Waals surface area contributed by atoms with Gasteiger partial charge < -0.3 is 10.4 Å². The van der Waals surface area contributed by atoms with Gasteiger partial charge in [0.15, 0.2) is 0 Å². The van der Waals surface area contributed by atoms with Gasteiger partial charge in [0.1, 0.15) is 4.88 Å². The van der Waals surface area contributed by atoms with E-state index in [9.17, 15) is 14.7 Å². The second-order valence-corrected chi connectivity index (χ2v) is 7.93. The number of aryl methyl sites for hydroxylation is 2. The third kappa shape index (κ3) is 3.04. The van der Waals surface area contributed by atoms with E-state index in [1.165, 1.54) is 11.3 Å². The van der Waals surface area contributed by atoms with Gasteiger partial charge in [0.05, 0.1) is 5.69 Å². The van der Waals surface area contributed by atoms with Crippen LogP contribution in [0.3, 0.4) is 0 Å². The molecule has 0 aliphatic carbocycles. The van der Waals surface area contributed by atoms with Crippen molar-refractivity contribution in [3.05, 3.63) is 75.0 Å². The summed E-state index contributed by atoms with van der Waals surface area (Å²) in [6, 6.07) is 15.6. The Labute approximate surface area is 161 Å². The van der Waals surface area contributed by atoms with Gasteiger partial charge in [0.2, 0.25) is 5.91 Å². The number of thiophene rings is 1. The highest BCUT2D eigenvalue weighted by molar-refractivity contribution is 7.15. The fourth-order valence-corrected chi connectivity index (χ4v) is 4.94. The van der Waals surface area contributed by atoms with Crippen LogP contribution in [0.15, 0.2) is 48.5 Å². The lowest BCUT2D eigenvalue weighted by Gasteiger charge is -2.25. The Hall–Kier alpha value is -2.92. The predicted molar refractivity (Wildman–Crippen MR) is 108 cm³/mol. The summed E-state index contributed by atoms with van der Waals surface area (Å²) in [7, 11) is 0. The van der Waals surface area contributed by atoms with Crippen molar-refractivity contribution in [1.82, 2.24) is 0 Å². The van der Waals surface area contributed by atoms with Crippen molar-refractivity contribution in [2.45, 2.75) is 26.2 Å². The number of carboxylic acids is 1. The fourth-order valence-electron chi connectivity index (χ4n) is 3.70. The van der Waals surface area contributed by atoms with Gasteiger partial charge in [0, 0.05) is 22.8 Å². The Morgan fingerprint density at radius 2 is 1.89 bits per heavy atom. The Kier molecular flexibility index (Phi) is 4.32. The Morgan fingerprint density at radius 1 is 1.15 bits per heavy atom. The van der Waals surface area contributed by atoms with E-state index in [1.807, 2.05) is 44.2 Å². The van der Waals surface area contributed by atoms with Gasteiger partial charge >= 0.3 is 5.97 Å². The Bertz CT molecular complexity index is 1050. The molecule has 27 heavy (non-hydrogen) atoms. The van der Waals surface area contributed by atoms with Crippen LogP contribution in [0.1, 0.15) is 43.6 Å². The van der Waals surface area contributed by atoms with Crippen LogP contribution in [-0.4, -0.2) is 17.0 Å². The number of aromatic carboxylic acids is 1. The van der Waals surface area contributed by atoms with E-state index in [4.69, 9.17) is 0 Å². The Balaban J connectivity index is 1.97. The van der Waals surface area contributed by atoms with Crippen LogP contribution < -0.4 is 5.32 Å². The lowest BCUT2D eigenvalue weighted by Crippen LogP contribution is -2.23. The first-order valence-electron chi connectivity index (χ1n) is 8.78. The highest BCUT2D eigenvalue weighted by Gasteiger charge is 2.34. The average Bonchev–Trinajstić information content (AvgIpc) is 3.03. The van der Waals surface area contributed by atoms with E-state index in [0.717, 1.165) is 27.1 Å². The molecule has 1 aliphatic heterocycles. The van der Waals surface area contributed by atoms with Crippen molar-refractivity contribution < 1.29 is 14.7 Å². The molecule has 0 radical (unpaired) electrons. The van der Waals surface area contributed by atoms with E-state index in [2.05, 4.69) is 23.5 Å². The summed E-state index contributed by atoms with van der Waals surface area (Å²) < 4.78 is 0. The second kappa shape index (κ2) is 6.67. The quantitative estimate of drug-likeness (QED) is 0.659. The fraction of sp³-hybridized carbons (Fsp3) is 0.182. The molecule has 136 valence electrons. The minimum atomic E-state index is -0.970. The number of carboxylic acid groups (broad SMARTS) is 1. The van der Waals surface area contributed by atoms with Crippen LogP contribution in [0, 0.1) is 13.8 Å². The maximum absolute atomic E-state index is 12.5. The topological polar surface area (TPSA) is 66.4 Å². The zero-order chi connectivity index (χ0) is 19.1. The van der Waals surface area contributed by atoms with E-state index >= 15 is 0 Å². The molecule has 0 bridgehead atoms. The number of fused-ring (bicyclic) bond motifs is 1. The van der Waals surface area contributed by atoms with Crippen LogP contribution >= 0.6 is 11.3 Å². The molecular weight excluding hydrogens is 358 g/mol. The zero-order valence-corrected chi connectivity index (χ0v) is 15.9. The molecule has 0 unspecified atom stereocenters. The first-order valence-corrected chi connectivity index (χ1v) is 9.59. The van der Waals surface area contributed by atoms with Gasteiger partial charge in [-0.3, -0.25) is 4.79 Å². The summed E-state index contributed by atoms with van der Waals surface area (Å²) in [4.78, 5) is 25.7. The van der Waals surface area contributed by atoms with Crippen molar-refractivity contribution in [2.24, 2.45) is 0 Å². The van der Waals surface area contributed by atoms with E-state index in [-0.39, 0.29) is 16.7 Å². The summed E-state index contributed by atoms with van der Waals surface area (Å²) in [6.45, 7) is 4.06. The van der Waals surface area contributed by atoms with E-state index < -0.39 is 5.97 Å². The number of benzene rings is 2. The van der Waals surface area contributed by atoms with Crippen LogP contribution in [0.4, 0.5) is 5.69 Å². The van der Waals surface area contributed by atoms with Gasteiger partial charge in [0.25, 0.3) is 0 Å². The molecule has 4 rings (SSSR count). The maximum atomic E-state index is 12.5. The highest BCUT2D eigenvalue weighted by Crippen LogP contribution is 2.49. The molecule has 1 atom stereocenters. The molecule has 2 N–H and O–H groups in total.